The molecule has 6 nitrogen and oxygen atoms in total. The van der Waals surface area contributed by atoms with Crippen LogP contribution in [0.2, 0.25) is 5.02 Å². The normalized spacial score (nSPS) is 11.1. The van der Waals surface area contributed by atoms with Gasteiger partial charge < -0.3 is 18.8 Å². The molecule has 0 fully saturated rings. The molecule has 0 aliphatic rings. The lowest BCUT2D eigenvalue weighted by atomic mass is 10.2. The standard InChI is InChI=1S/C27H34ClN3O3/c1-4-5-14-30(27(33)25-13-9-16-34-25)20-26(32)31(17-21(2)3)19-23-11-8-15-29(23)18-22-10-6-7-12-24(22)28/h6-13,15-16,21H,4-5,14,17-20H2,1-3H3. The van der Waals surface area contributed by atoms with E-state index in [4.69, 9.17) is 16.0 Å². The maximum Gasteiger partial charge on any atom is 0.290 e. The average molecular weight is 484 g/mol. The van der Waals surface area contributed by atoms with Gasteiger partial charge in [-0.2, -0.15) is 0 Å². The lowest BCUT2D eigenvalue weighted by Crippen LogP contribution is -2.44. The van der Waals surface area contributed by atoms with E-state index in [2.05, 4.69) is 25.3 Å². The van der Waals surface area contributed by atoms with Crippen molar-refractivity contribution in [1.29, 1.82) is 0 Å². The summed E-state index contributed by atoms with van der Waals surface area (Å²) in [5.41, 5.74) is 2.05. The topological polar surface area (TPSA) is 58.7 Å². The summed E-state index contributed by atoms with van der Waals surface area (Å²) in [4.78, 5) is 29.8. The van der Waals surface area contributed by atoms with Gasteiger partial charge in [0.1, 0.15) is 6.54 Å². The Morgan fingerprint density at radius 3 is 2.53 bits per heavy atom. The predicted octanol–water partition coefficient (Wildman–Crippen LogP) is 5.71. The summed E-state index contributed by atoms with van der Waals surface area (Å²) in [6.07, 6.45) is 5.24. The van der Waals surface area contributed by atoms with E-state index in [1.54, 1.807) is 17.0 Å². The summed E-state index contributed by atoms with van der Waals surface area (Å²) in [7, 11) is 0. The highest BCUT2D eigenvalue weighted by Gasteiger charge is 2.24. The van der Waals surface area contributed by atoms with E-state index in [1.807, 2.05) is 47.5 Å². The highest BCUT2D eigenvalue weighted by Crippen LogP contribution is 2.19. The van der Waals surface area contributed by atoms with Gasteiger partial charge in [0.15, 0.2) is 5.76 Å². The van der Waals surface area contributed by atoms with Crippen LogP contribution in [0.5, 0.6) is 0 Å². The van der Waals surface area contributed by atoms with Crippen molar-refractivity contribution in [3.8, 4) is 0 Å². The molecule has 34 heavy (non-hydrogen) atoms. The molecule has 182 valence electrons. The van der Waals surface area contributed by atoms with Crippen molar-refractivity contribution >= 4 is 23.4 Å². The van der Waals surface area contributed by atoms with Gasteiger partial charge in [-0.25, -0.2) is 0 Å². The Balaban J connectivity index is 1.76. The molecule has 0 saturated carbocycles. The average Bonchev–Trinajstić information content (AvgIpc) is 3.49. The van der Waals surface area contributed by atoms with Gasteiger partial charge in [-0.3, -0.25) is 9.59 Å². The Bertz CT molecular complexity index is 1060. The van der Waals surface area contributed by atoms with Crippen molar-refractivity contribution < 1.29 is 14.0 Å². The van der Waals surface area contributed by atoms with E-state index >= 15 is 0 Å². The molecule has 0 N–H and O–H groups in total. The quantitative estimate of drug-likeness (QED) is 0.331. The second-order valence-electron chi connectivity index (χ2n) is 8.94. The first kappa shape index (κ1) is 25.6. The van der Waals surface area contributed by atoms with Crippen LogP contribution in [0.25, 0.3) is 0 Å². The van der Waals surface area contributed by atoms with Crippen LogP contribution >= 0.6 is 11.6 Å². The zero-order chi connectivity index (χ0) is 24.5. The van der Waals surface area contributed by atoms with E-state index in [0.29, 0.717) is 32.1 Å². The first-order valence-corrected chi connectivity index (χ1v) is 12.2. The van der Waals surface area contributed by atoms with Crippen LogP contribution in [0.15, 0.2) is 65.4 Å². The lowest BCUT2D eigenvalue weighted by molar-refractivity contribution is -0.133. The maximum atomic E-state index is 13.4. The van der Waals surface area contributed by atoms with Crippen LogP contribution in [0.1, 0.15) is 55.4 Å². The van der Waals surface area contributed by atoms with Crippen molar-refractivity contribution in [2.75, 3.05) is 19.6 Å². The van der Waals surface area contributed by atoms with Crippen LogP contribution in [0.3, 0.4) is 0 Å². The Hall–Kier alpha value is -2.99. The fourth-order valence-electron chi connectivity index (χ4n) is 3.87. The van der Waals surface area contributed by atoms with Crippen LogP contribution in [-0.4, -0.2) is 45.8 Å². The number of aromatic nitrogens is 1. The Morgan fingerprint density at radius 1 is 1.06 bits per heavy atom. The predicted molar refractivity (Wildman–Crippen MR) is 135 cm³/mol. The molecular weight excluding hydrogens is 450 g/mol. The van der Waals surface area contributed by atoms with Crippen LogP contribution in [0, 0.1) is 5.92 Å². The summed E-state index contributed by atoms with van der Waals surface area (Å²) in [6.45, 7) is 8.48. The van der Waals surface area contributed by atoms with Crippen LogP contribution in [-0.2, 0) is 17.9 Å². The number of halogens is 1. The highest BCUT2D eigenvalue weighted by molar-refractivity contribution is 6.31. The molecule has 1 aromatic carbocycles. The highest BCUT2D eigenvalue weighted by atomic mass is 35.5. The number of nitrogens with zero attached hydrogens (tertiary/aromatic N) is 3. The Morgan fingerprint density at radius 2 is 1.85 bits per heavy atom. The van der Waals surface area contributed by atoms with E-state index in [-0.39, 0.29) is 24.1 Å². The van der Waals surface area contributed by atoms with Gasteiger partial charge in [-0.05, 0) is 48.2 Å². The first-order valence-electron chi connectivity index (χ1n) is 11.9. The third kappa shape index (κ3) is 7.00. The second kappa shape index (κ2) is 12.5. The van der Waals surface area contributed by atoms with Crippen molar-refractivity contribution in [1.82, 2.24) is 14.4 Å². The van der Waals surface area contributed by atoms with Crippen molar-refractivity contribution in [3.63, 3.8) is 0 Å². The molecule has 2 amide bonds. The summed E-state index contributed by atoms with van der Waals surface area (Å²) in [5.74, 6) is 0.224. The van der Waals surface area contributed by atoms with Gasteiger partial charge >= 0.3 is 0 Å². The Kier molecular flexibility index (Phi) is 9.40. The summed E-state index contributed by atoms with van der Waals surface area (Å²) in [6, 6.07) is 15.1. The van der Waals surface area contributed by atoms with Gasteiger partial charge in [-0.1, -0.05) is 57.0 Å². The minimum atomic E-state index is -0.251. The molecule has 3 aromatic rings. The van der Waals surface area contributed by atoms with Gasteiger partial charge in [0.25, 0.3) is 5.91 Å². The largest absolute Gasteiger partial charge is 0.459 e. The number of amides is 2. The molecule has 2 aromatic heterocycles. The molecule has 0 saturated heterocycles. The Labute approximate surface area is 207 Å². The van der Waals surface area contributed by atoms with E-state index in [0.717, 1.165) is 29.1 Å². The number of carbonyl (C=O) groups excluding carboxylic acids is 2. The zero-order valence-electron chi connectivity index (χ0n) is 20.2. The third-order valence-corrected chi connectivity index (χ3v) is 6.01. The summed E-state index contributed by atoms with van der Waals surface area (Å²) < 4.78 is 7.42. The number of unbranched alkanes of at least 4 members (excludes halogenated alkanes) is 1. The van der Waals surface area contributed by atoms with Crippen LogP contribution in [0.4, 0.5) is 0 Å². The van der Waals surface area contributed by atoms with Crippen LogP contribution < -0.4 is 0 Å². The minimum absolute atomic E-state index is 0.0253. The van der Waals surface area contributed by atoms with Crippen molar-refractivity contribution in [2.24, 2.45) is 5.92 Å². The van der Waals surface area contributed by atoms with Gasteiger partial charge in [0, 0.05) is 36.5 Å². The third-order valence-electron chi connectivity index (χ3n) is 5.64. The maximum absolute atomic E-state index is 13.4. The number of benzene rings is 1. The number of furan rings is 1. The van der Waals surface area contributed by atoms with Gasteiger partial charge in [-0.15, -0.1) is 0 Å². The summed E-state index contributed by atoms with van der Waals surface area (Å²) in [5, 5.41) is 0.722. The molecule has 0 unspecified atom stereocenters. The van der Waals surface area contributed by atoms with Crippen molar-refractivity contribution in [3.05, 3.63) is 83.0 Å². The molecule has 0 aliphatic carbocycles. The molecule has 0 atom stereocenters. The fourth-order valence-corrected chi connectivity index (χ4v) is 4.06. The molecule has 0 spiro atoms. The number of hydrogen-bond acceptors (Lipinski definition) is 3. The van der Waals surface area contributed by atoms with Crippen molar-refractivity contribution in [2.45, 2.75) is 46.7 Å². The molecule has 0 bridgehead atoms. The number of carbonyl (C=O) groups is 2. The second-order valence-corrected chi connectivity index (χ2v) is 9.35. The smallest absolute Gasteiger partial charge is 0.290 e. The van der Waals surface area contributed by atoms with E-state index in [9.17, 15) is 9.59 Å². The first-order chi connectivity index (χ1) is 16.4. The zero-order valence-corrected chi connectivity index (χ0v) is 21.0. The van der Waals surface area contributed by atoms with Gasteiger partial charge in [0.05, 0.1) is 12.8 Å². The monoisotopic (exact) mass is 483 g/mol. The fraction of sp³-hybridized carbons (Fsp3) is 0.407. The molecular formula is C27H34ClN3O3. The molecule has 7 heteroatoms. The molecule has 0 radical (unpaired) electrons. The number of rotatable bonds is 12. The van der Waals surface area contributed by atoms with Gasteiger partial charge in [0.2, 0.25) is 5.91 Å². The summed E-state index contributed by atoms with van der Waals surface area (Å²) >= 11 is 6.37. The number of hydrogen-bond donors (Lipinski definition) is 0. The SMILES string of the molecule is CCCCN(CC(=O)N(Cc1cccn1Cc1ccccc1Cl)CC(C)C)C(=O)c1ccco1. The minimum Gasteiger partial charge on any atom is -0.459 e. The molecule has 2 heterocycles. The van der Waals surface area contributed by atoms with E-state index in [1.165, 1.54) is 6.26 Å². The molecule has 0 aliphatic heterocycles. The van der Waals surface area contributed by atoms with E-state index < -0.39 is 0 Å². The lowest BCUT2D eigenvalue weighted by Gasteiger charge is -2.29. The molecule has 3 rings (SSSR count).